The fourth-order valence-corrected chi connectivity index (χ4v) is 1.25. The van der Waals surface area contributed by atoms with Crippen LogP contribution in [-0.4, -0.2) is 54.1 Å². The van der Waals surface area contributed by atoms with Gasteiger partial charge in [0.05, 0.1) is 5.56 Å². The Bertz CT molecular complexity index is 403. The molecular formula is C11H15N3O3. The summed E-state index contributed by atoms with van der Waals surface area (Å²) in [5.74, 6) is -1.28. The number of nitrogens with zero attached hydrogens (tertiary/aromatic N) is 2. The molecule has 0 bridgehead atoms. The molecule has 0 atom stereocenters. The summed E-state index contributed by atoms with van der Waals surface area (Å²) in [4.78, 5) is 27.7. The van der Waals surface area contributed by atoms with Crippen molar-refractivity contribution >= 4 is 11.9 Å². The average molecular weight is 237 g/mol. The average Bonchev–Trinajstić information content (AvgIpc) is 2.35. The third kappa shape index (κ3) is 3.53. The fraction of sp³-hybridized carbons (Fsp3) is 0.364. The van der Waals surface area contributed by atoms with Gasteiger partial charge in [-0.25, -0.2) is 9.78 Å². The molecule has 1 heterocycles. The number of rotatable bonds is 5. The first-order valence-corrected chi connectivity index (χ1v) is 5.15. The maximum Gasteiger partial charge on any atom is 0.354 e. The van der Waals surface area contributed by atoms with Gasteiger partial charge in [0.2, 0.25) is 0 Å². The van der Waals surface area contributed by atoms with E-state index in [1.54, 1.807) is 11.9 Å². The van der Waals surface area contributed by atoms with Crippen molar-refractivity contribution in [1.82, 2.24) is 15.2 Å². The summed E-state index contributed by atoms with van der Waals surface area (Å²) in [7, 11) is 3.49. The van der Waals surface area contributed by atoms with Crippen LogP contribution in [-0.2, 0) is 0 Å². The van der Waals surface area contributed by atoms with Crippen LogP contribution in [0.1, 0.15) is 20.8 Å². The van der Waals surface area contributed by atoms with Crippen LogP contribution < -0.4 is 5.32 Å². The van der Waals surface area contributed by atoms with Crippen LogP contribution in [0.15, 0.2) is 18.3 Å². The van der Waals surface area contributed by atoms with Crippen molar-refractivity contribution < 1.29 is 14.7 Å². The SMILES string of the molecule is CNCCN(C)C(=O)c1ccc(C(=O)O)nc1. The number of carboxylic acids is 1. The Balaban J connectivity index is 2.72. The molecule has 0 aromatic carbocycles. The summed E-state index contributed by atoms with van der Waals surface area (Å²) in [5.41, 5.74) is 0.313. The Labute approximate surface area is 99.3 Å². The molecule has 0 aliphatic carbocycles. The van der Waals surface area contributed by atoms with E-state index in [0.29, 0.717) is 18.7 Å². The molecule has 1 aromatic rings. The van der Waals surface area contributed by atoms with E-state index in [9.17, 15) is 9.59 Å². The second-order valence-electron chi connectivity index (χ2n) is 3.57. The van der Waals surface area contributed by atoms with Crippen LogP contribution in [0.5, 0.6) is 0 Å². The van der Waals surface area contributed by atoms with Crippen molar-refractivity contribution in [2.45, 2.75) is 0 Å². The molecule has 1 rings (SSSR count). The van der Waals surface area contributed by atoms with Crippen molar-refractivity contribution in [3.05, 3.63) is 29.6 Å². The largest absolute Gasteiger partial charge is 0.477 e. The van der Waals surface area contributed by atoms with Gasteiger partial charge in [-0.15, -0.1) is 0 Å². The fourth-order valence-electron chi connectivity index (χ4n) is 1.25. The monoisotopic (exact) mass is 237 g/mol. The smallest absolute Gasteiger partial charge is 0.354 e. The molecule has 0 unspecified atom stereocenters. The Morgan fingerprint density at radius 3 is 2.65 bits per heavy atom. The first kappa shape index (κ1) is 13.1. The molecule has 0 saturated carbocycles. The third-order valence-corrected chi connectivity index (χ3v) is 2.27. The Hall–Kier alpha value is -1.95. The Morgan fingerprint density at radius 1 is 1.47 bits per heavy atom. The highest BCUT2D eigenvalue weighted by atomic mass is 16.4. The van der Waals surface area contributed by atoms with Gasteiger partial charge in [-0.1, -0.05) is 0 Å². The number of carbonyl (C=O) groups excluding carboxylic acids is 1. The molecule has 0 radical (unpaired) electrons. The lowest BCUT2D eigenvalue weighted by Gasteiger charge is -2.16. The minimum Gasteiger partial charge on any atom is -0.477 e. The lowest BCUT2D eigenvalue weighted by Crippen LogP contribution is -2.32. The van der Waals surface area contributed by atoms with E-state index < -0.39 is 5.97 Å². The van der Waals surface area contributed by atoms with Gasteiger partial charge >= 0.3 is 5.97 Å². The maximum absolute atomic E-state index is 11.8. The standard InChI is InChI=1S/C11H15N3O3/c1-12-5-6-14(2)10(15)8-3-4-9(11(16)17)13-7-8/h3-4,7,12H,5-6H2,1-2H3,(H,16,17). The van der Waals surface area contributed by atoms with Gasteiger partial charge in [0.25, 0.3) is 5.91 Å². The quantitative estimate of drug-likeness (QED) is 0.757. The molecule has 6 nitrogen and oxygen atoms in total. The number of aromatic carboxylic acids is 1. The van der Waals surface area contributed by atoms with E-state index in [0.717, 1.165) is 0 Å². The summed E-state index contributed by atoms with van der Waals surface area (Å²) in [5, 5.41) is 11.6. The van der Waals surface area contributed by atoms with Crippen molar-refractivity contribution in [3.63, 3.8) is 0 Å². The molecule has 0 fully saturated rings. The van der Waals surface area contributed by atoms with Crippen LogP contribution in [0.4, 0.5) is 0 Å². The highest BCUT2D eigenvalue weighted by molar-refractivity contribution is 5.94. The molecule has 1 aromatic heterocycles. The minimum absolute atomic E-state index is 0.0700. The predicted octanol–water partition coefficient (Wildman–Crippen LogP) is 0.0712. The van der Waals surface area contributed by atoms with Crippen molar-refractivity contribution in [2.75, 3.05) is 27.2 Å². The molecule has 17 heavy (non-hydrogen) atoms. The molecule has 0 saturated heterocycles. The summed E-state index contributed by atoms with van der Waals surface area (Å²) < 4.78 is 0. The Kier molecular flexibility index (Phi) is 4.59. The summed E-state index contributed by atoms with van der Waals surface area (Å²) in [6.07, 6.45) is 1.28. The highest BCUT2D eigenvalue weighted by Gasteiger charge is 2.12. The number of likely N-dealkylation sites (N-methyl/N-ethyl adjacent to an activating group) is 2. The number of nitrogens with one attached hydrogen (secondary N) is 1. The van der Waals surface area contributed by atoms with Crippen LogP contribution in [0.3, 0.4) is 0 Å². The minimum atomic E-state index is -1.10. The van der Waals surface area contributed by atoms with E-state index in [-0.39, 0.29) is 11.6 Å². The number of carboxylic acid groups (broad SMARTS) is 1. The molecule has 92 valence electrons. The number of pyridine rings is 1. The predicted molar refractivity (Wildman–Crippen MR) is 62.1 cm³/mol. The number of hydrogen-bond acceptors (Lipinski definition) is 4. The third-order valence-electron chi connectivity index (χ3n) is 2.27. The topological polar surface area (TPSA) is 82.5 Å². The van der Waals surface area contributed by atoms with Crippen LogP contribution >= 0.6 is 0 Å². The lowest BCUT2D eigenvalue weighted by molar-refractivity contribution is 0.0688. The van der Waals surface area contributed by atoms with E-state index in [1.165, 1.54) is 18.3 Å². The van der Waals surface area contributed by atoms with Crippen LogP contribution in [0.25, 0.3) is 0 Å². The highest BCUT2D eigenvalue weighted by Crippen LogP contribution is 2.03. The molecule has 0 spiro atoms. The normalized spacial score (nSPS) is 10.0. The number of hydrogen-bond donors (Lipinski definition) is 2. The lowest BCUT2D eigenvalue weighted by atomic mass is 10.2. The summed E-state index contributed by atoms with van der Waals surface area (Å²) in [6.45, 7) is 1.28. The van der Waals surface area contributed by atoms with Gasteiger partial charge in [0.1, 0.15) is 5.69 Å². The zero-order valence-electron chi connectivity index (χ0n) is 9.80. The second-order valence-corrected chi connectivity index (χ2v) is 3.57. The van der Waals surface area contributed by atoms with Crippen LogP contribution in [0.2, 0.25) is 0 Å². The van der Waals surface area contributed by atoms with E-state index in [1.807, 2.05) is 7.05 Å². The van der Waals surface area contributed by atoms with Gasteiger partial charge in [-0.2, -0.15) is 0 Å². The Morgan fingerprint density at radius 2 is 2.18 bits per heavy atom. The zero-order chi connectivity index (χ0) is 12.8. The molecular weight excluding hydrogens is 222 g/mol. The van der Waals surface area contributed by atoms with Crippen molar-refractivity contribution in [2.24, 2.45) is 0 Å². The molecule has 6 heteroatoms. The molecule has 1 amide bonds. The first-order chi connectivity index (χ1) is 8.06. The molecule has 0 aliphatic heterocycles. The summed E-state index contributed by atoms with van der Waals surface area (Å²) >= 11 is 0. The maximum atomic E-state index is 11.8. The number of carbonyl (C=O) groups is 2. The molecule has 0 aliphatic rings. The number of aromatic nitrogens is 1. The van der Waals surface area contributed by atoms with E-state index in [4.69, 9.17) is 5.11 Å². The van der Waals surface area contributed by atoms with E-state index in [2.05, 4.69) is 10.3 Å². The van der Waals surface area contributed by atoms with E-state index >= 15 is 0 Å². The van der Waals surface area contributed by atoms with Gasteiger partial charge in [-0.3, -0.25) is 4.79 Å². The van der Waals surface area contributed by atoms with Crippen LogP contribution in [0, 0.1) is 0 Å². The zero-order valence-corrected chi connectivity index (χ0v) is 9.80. The number of amides is 1. The van der Waals surface area contributed by atoms with Gasteiger partial charge < -0.3 is 15.3 Å². The molecule has 2 N–H and O–H groups in total. The second kappa shape index (κ2) is 5.95. The van der Waals surface area contributed by atoms with Crippen molar-refractivity contribution in [3.8, 4) is 0 Å². The van der Waals surface area contributed by atoms with Gasteiger partial charge in [-0.05, 0) is 19.2 Å². The summed E-state index contributed by atoms with van der Waals surface area (Å²) in [6, 6.07) is 2.79. The first-order valence-electron chi connectivity index (χ1n) is 5.15. The van der Waals surface area contributed by atoms with Crippen molar-refractivity contribution in [1.29, 1.82) is 0 Å². The van der Waals surface area contributed by atoms with Gasteiger partial charge in [0.15, 0.2) is 0 Å². The van der Waals surface area contributed by atoms with Gasteiger partial charge in [0, 0.05) is 26.3 Å².